The maximum absolute atomic E-state index is 12.3. The molecule has 0 bridgehead atoms. The molecule has 1 aliphatic heterocycles. The highest BCUT2D eigenvalue weighted by molar-refractivity contribution is 7.82. The van der Waals surface area contributed by atoms with E-state index in [0.29, 0.717) is 0 Å². The normalized spacial score (nSPS) is 21.6. The molecule has 1 fully saturated rings. The van der Waals surface area contributed by atoms with E-state index in [-0.39, 0.29) is 5.75 Å². The molecule has 110 valence electrons. The second-order valence-electron chi connectivity index (χ2n) is 3.72. The highest BCUT2D eigenvalue weighted by Gasteiger charge is 2.37. The molecule has 0 spiro atoms. The van der Waals surface area contributed by atoms with Crippen LogP contribution in [0.2, 0.25) is 0 Å². The van der Waals surface area contributed by atoms with Crippen LogP contribution >= 0.6 is 0 Å². The highest BCUT2D eigenvalue weighted by Crippen LogP contribution is 2.30. The van der Waals surface area contributed by atoms with Gasteiger partial charge in [-0.15, -0.1) is 0 Å². The Labute approximate surface area is 111 Å². The van der Waals surface area contributed by atoms with Crippen molar-refractivity contribution in [3.05, 3.63) is 29.8 Å². The van der Waals surface area contributed by atoms with Gasteiger partial charge in [0, 0.05) is 0 Å². The van der Waals surface area contributed by atoms with Crippen LogP contribution in [0, 0.1) is 0 Å². The Hall–Kier alpha value is -1.65. The Morgan fingerprint density at radius 3 is 2.30 bits per heavy atom. The summed E-state index contributed by atoms with van der Waals surface area (Å²) in [6.45, 7) is -0.540. The van der Waals surface area contributed by atoms with Gasteiger partial charge in [0.25, 0.3) is 0 Å². The van der Waals surface area contributed by atoms with E-state index in [9.17, 15) is 26.4 Å². The summed E-state index contributed by atoms with van der Waals surface area (Å²) in [5.41, 5.74) is -0.902. The lowest BCUT2D eigenvalue weighted by atomic mass is 10.2. The third-order valence-electron chi connectivity index (χ3n) is 2.26. The fraction of sp³-hybridized carbons (Fsp3) is 0.300. The molecule has 0 aliphatic carbocycles. The van der Waals surface area contributed by atoms with Gasteiger partial charge in [0.15, 0.2) is 0 Å². The molecule has 0 aromatic heterocycles. The SMILES string of the molecule is O=C(Oc1ccc(C(F)(F)F)cc1)C1COS(=O)(=O)O1. The van der Waals surface area contributed by atoms with Crippen LogP contribution in [-0.2, 0) is 29.7 Å². The fourth-order valence-electron chi connectivity index (χ4n) is 1.34. The van der Waals surface area contributed by atoms with E-state index in [0.717, 1.165) is 24.3 Å². The molecule has 0 saturated carbocycles. The van der Waals surface area contributed by atoms with Crippen molar-refractivity contribution in [3.63, 3.8) is 0 Å². The maximum Gasteiger partial charge on any atom is 0.416 e. The maximum atomic E-state index is 12.3. The van der Waals surface area contributed by atoms with Crippen molar-refractivity contribution in [1.29, 1.82) is 0 Å². The van der Waals surface area contributed by atoms with Crippen molar-refractivity contribution >= 4 is 16.4 Å². The lowest BCUT2D eigenvalue weighted by molar-refractivity contribution is -0.141. The van der Waals surface area contributed by atoms with Gasteiger partial charge >= 0.3 is 22.5 Å². The van der Waals surface area contributed by atoms with Crippen molar-refractivity contribution < 1.29 is 39.5 Å². The number of hydrogen-bond donors (Lipinski definition) is 0. The second kappa shape index (κ2) is 5.04. The van der Waals surface area contributed by atoms with Crippen LogP contribution < -0.4 is 4.74 Å². The number of ether oxygens (including phenoxy) is 1. The average molecular weight is 312 g/mol. The molecule has 0 N–H and O–H groups in total. The Morgan fingerprint density at radius 1 is 1.25 bits per heavy atom. The third kappa shape index (κ3) is 3.46. The van der Waals surface area contributed by atoms with E-state index < -0.39 is 40.8 Å². The molecule has 20 heavy (non-hydrogen) atoms. The van der Waals surface area contributed by atoms with Crippen molar-refractivity contribution in [2.75, 3.05) is 6.61 Å². The zero-order valence-corrected chi connectivity index (χ0v) is 10.4. The number of alkyl halides is 3. The van der Waals surface area contributed by atoms with Crippen molar-refractivity contribution in [2.24, 2.45) is 0 Å². The largest absolute Gasteiger partial charge is 0.425 e. The second-order valence-corrected chi connectivity index (χ2v) is 4.97. The summed E-state index contributed by atoms with van der Waals surface area (Å²) >= 11 is 0. The monoisotopic (exact) mass is 312 g/mol. The zero-order chi connectivity index (χ0) is 15.0. The van der Waals surface area contributed by atoms with E-state index >= 15 is 0 Å². The van der Waals surface area contributed by atoms with E-state index in [1.54, 1.807) is 0 Å². The minimum Gasteiger partial charge on any atom is -0.425 e. The summed E-state index contributed by atoms with van der Waals surface area (Å²) in [6, 6.07) is 3.33. The van der Waals surface area contributed by atoms with Gasteiger partial charge in [-0.3, -0.25) is 0 Å². The first kappa shape index (κ1) is 14.8. The van der Waals surface area contributed by atoms with Crippen molar-refractivity contribution in [3.8, 4) is 5.75 Å². The Bertz CT molecular complexity index is 607. The van der Waals surface area contributed by atoms with E-state index in [1.165, 1.54) is 0 Å². The predicted molar refractivity (Wildman–Crippen MR) is 56.8 cm³/mol. The van der Waals surface area contributed by atoms with E-state index in [4.69, 9.17) is 0 Å². The quantitative estimate of drug-likeness (QED) is 0.604. The Kier molecular flexibility index (Phi) is 3.71. The van der Waals surface area contributed by atoms with Crippen LogP contribution in [0.3, 0.4) is 0 Å². The minimum absolute atomic E-state index is 0.170. The first-order valence-electron chi connectivity index (χ1n) is 5.14. The summed E-state index contributed by atoms with van der Waals surface area (Å²) in [4.78, 5) is 11.5. The van der Waals surface area contributed by atoms with Crippen LogP contribution in [0.15, 0.2) is 24.3 Å². The molecule has 0 amide bonds. The van der Waals surface area contributed by atoms with E-state index in [2.05, 4.69) is 13.1 Å². The number of benzene rings is 1. The Morgan fingerprint density at radius 2 is 1.85 bits per heavy atom. The first-order chi connectivity index (χ1) is 9.17. The summed E-state index contributed by atoms with van der Waals surface area (Å²) in [5, 5.41) is 0. The van der Waals surface area contributed by atoms with Crippen LogP contribution in [0.4, 0.5) is 13.2 Å². The topological polar surface area (TPSA) is 78.9 Å². The van der Waals surface area contributed by atoms with Gasteiger partial charge in [-0.1, -0.05) is 0 Å². The van der Waals surface area contributed by atoms with Gasteiger partial charge in [-0.05, 0) is 24.3 Å². The van der Waals surface area contributed by atoms with E-state index in [1.807, 2.05) is 0 Å². The lowest BCUT2D eigenvalue weighted by Crippen LogP contribution is -2.27. The van der Waals surface area contributed by atoms with Crippen LogP contribution in [0.25, 0.3) is 0 Å². The molecular weight excluding hydrogens is 305 g/mol. The number of rotatable bonds is 2. The number of carbonyl (C=O) groups excluding carboxylic acids is 1. The molecule has 1 aromatic carbocycles. The van der Waals surface area contributed by atoms with Gasteiger partial charge in [0.05, 0.1) is 5.56 Å². The molecule has 10 heteroatoms. The standard InChI is InChI=1S/C10H7F3O6S/c11-10(12,13)6-1-3-7(4-2-6)18-9(14)8-5-17-20(15,16)19-8/h1-4,8H,5H2. The van der Waals surface area contributed by atoms with Crippen molar-refractivity contribution in [1.82, 2.24) is 0 Å². The number of hydrogen-bond acceptors (Lipinski definition) is 6. The predicted octanol–water partition coefficient (Wildman–Crippen LogP) is 1.27. The molecule has 2 rings (SSSR count). The van der Waals surface area contributed by atoms with Crippen LogP contribution in [0.5, 0.6) is 5.75 Å². The summed E-state index contributed by atoms with van der Waals surface area (Å²) in [7, 11) is -4.21. The smallest absolute Gasteiger partial charge is 0.416 e. The molecule has 1 aromatic rings. The molecule has 1 unspecified atom stereocenters. The summed E-state index contributed by atoms with van der Waals surface area (Å²) < 4.78 is 71.6. The zero-order valence-electron chi connectivity index (χ0n) is 9.59. The molecule has 1 saturated heterocycles. The lowest BCUT2D eigenvalue weighted by Gasteiger charge is -2.09. The molecule has 1 atom stereocenters. The van der Waals surface area contributed by atoms with Gasteiger partial charge in [-0.25, -0.2) is 13.2 Å². The number of carbonyl (C=O) groups is 1. The summed E-state index contributed by atoms with van der Waals surface area (Å²) in [6.07, 6.45) is -5.97. The van der Waals surface area contributed by atoms with Gasteiger partial charge in [-0.2, -0.15) is 21.6 Å². The van der Waals surface area contributed by atoms with Crippen LogP contribution in [-0.4, -0.2) is 27.1 Å². The average Bonchev–Trinajstić information content (AvgIpc) is 2.69. The molecule has 0 radical (unpaired) electrons. The number of esters is 1. The van der Waals surface area contributed by atoms with Gasteiger partial charge in [0.1, 0.15) is 12.4 Å². The summed E-state index contributed by atoms with van der Waals surface area (Å²) in [5.74, 6) is -1.25. The Balaban J connectivity index is 2.02. The third-order valence-corrected chi connectivity index (χ3v) is 3.15. The number of halogens is 3. The fourth-order valence-corrected chi connectivity index (χ4v) is 2.11. The van der Waals surface area contributed by atoms with Crippen molar-refractivity contribution in [2.45, 2.75) is 12.3 Å². The highest BCUT2D eigenvalue weighted by atomic mass is 32.3. The molecule has 1 heterocycles. The molecule has 1 aliphatic rings. The van der Waals surface area contributed by atoms with Gasteiger partial charge < -0.3 is 4.74 Å². The first-order valence-corrected chi connectivity index (χ1v) is 6.47. The molecular formula is C10H7F3O6S. The minimum atomic E-state index is -4.50. The van der Waals surface area contributed by atoms with Crippen LogP contribution in [0.1, 0.15) is 5.56 Å². The molecule has 6 nitrogen and oxygen atoms in total. The van der Waals surface area contributed by atoms with Gasteiger partial charge in [0.2, 0.25) is 6.10 Å².